The van der Waals surface area contributed by atoms with Gasteiger partial charge in [0.15, 0.2) is 0 Å². The molecule has 0 spiro atoms. The summed E-state index contributed by atoms with van der Waals surface area (Å²) in [5.41, 5.74) is 5.19. The van der Waals surface area contributed by atoms with E-state index in [1.165, 1.54) is 0 Å². The Labute approximate surface area is 217 Å². The quantitative estimate of drug-likeness (QED) is 0.240. The molecule has 0 aliphatic rings. The average Bonchev–Trinajstić information content (AvgIpc) is 3.33. The van der Waals surface area contributed by atoms with E-state index < -0.39 is 6.10 Å². The molecule has 188 valence electrons. The van der Waals surface area contributed by atoms with Crippen LogP contribution in [0.1, 0.15) is 11.7 Å². The maximum absolute atomic E-state index is 10.7. The minimum Gasteiger partial charge on any atom is -0.492 e. The Hall–Kier alpha value is -4.13. The van der Waals surface area contributed by atoms with Crippen LogP contribution >= 0.6 is 0 Å². The second kappa shape index (κ2) is 11.3. The van der Waals surface area contributed by atoms with Gasteiger partial charge < -0.3 is 24.5 Å². The molecule has 0 aliphatic heterocycles. The molecule has 2 aromatic heterocycles. The first-order chi connectivity index (χ1) is 18.1. The number of anilines is 1. The fourth-order valence-corrected chi connectivity index (χ4v) is 4.30. The molecule has 1 atom stereocenters. The monoisotopic (exact) mass is 493 g/mol. The van der Waals surface area contributed by atoms with Crippen LogP contribution in [-0.4, -0.2) is 48.8 Å². The van der Waals surface area contributed by atoms with E-state index in [4.69, 9.17) is 9.15 Å². The fourth-order valence-electron chi connectivity index (χ4n) is 4.30. The molecule has 0 aliphatic carbocycles. The summed E-state index contributed by atoms with van der Waals surface area (Å²) >= 11 is 0. The van der Waals surface area contributed by atoms with Gasteiger partial charge in [-0.15, -0.1) is 0 Å². The van der Waals surface area contributed by atoms with Gasteiger partial charge in [-0.25, -0.2) is 4.98 Å². The highest BCUT2D eigenvalue weighted by Crippen LogP contribution is 2.43. The molecule has 6 heteroatoms. The Kier molecular flexibility index (Phi) is 7.49. The summed E-state index contributed by atoms with van der Waals surface area (Å²) in [4.78, 5) is 6.63. The van der Waals surface area contributed by atoms with E-state index in [2.05, 4.69) is 27.3 Å². The lowest BCUT2D eigenvalue weighted by Crippen LogP contribution is -2.19. The zero-order valence-corrected chi connectivity index (χ0v) is 21.1. The van der Waals surface area contributed by atoms with Gasteiger partial charge in [0.2, 0.25) is 5.71 Å². The number of aromatic nitrogens is 1. The number of aliphatic hydroxyl groups excluding tert-OH is 1. The van der Waals surface area contributed by atoms with Crippen molar-refractivity contribution >= 4 is 16.8 Å². The topological polar surface area (TPSA) is 70.8 Å². The van der Waals surface area contributed by atoms with Crippen LogP contribution in [0.2, 0.25) is 0 Å². The van der Waals surface area contributed by atoms with Gasteiger partial charge in [-0.1, -0.05) is 60.7 Å². The third-order valence-corrected chi connectivity index (χ3v) is 6.25. The lowest BCUT2D eigenvalue weighted by Gasteiger charge is -2.14. The van der Waals surface area contributed by atoms with Crippen LogP contribution in [0, 0.1) is 0 Å². The van der Waals surface area contributed by atoms with E-state index in [0.717, 1.165) is 51.4 Å². The van der Waals surface area contributed by atoms with Crippen LogP contribution in [0.3, 0.4) is 0 Å². The summed E-state index contributed by atoms with van der Waals surface area (Å²) in [5, 5.41) is 15.0. The number of nitrogens with zero attached hydrogens (tertiary/aromatic N) is 2. The second-order valence-electron chi connectivity index (χ2n) is 9.19. The van der Waals surface area contributed by atoms with E-state index in [1.807, 2.05) is 93.0 Å². The van der Waals surface area contributed by atoms with Gasteiger partial charge in [0.25, 0.3) is 0 Å². The number of rotatable bonds is 10. The first-order valence-electron chi connectivity index (χ1n) is 12.4. The summed E-state index contributed by atoms with van der Waals surface area (Å²) in [5.74, 6) is 1.56. The summed E-state index contributed by atoms with van der Waals surface area (Å²) < 4.78 is 12.2. The number of fused-ring (bicyclic) bond motifs is 1. The first kappa shape index (κ1) is 24.6. The predicted molar refractivity (Wildman–Crippen MR) is 149 cm³/mol. The molecular formula is C31H31N3O3. The highest BCUT2D eigenvalue weighted by atomic mass is 16.5. The molecule has 5 aromatic rings. The van der Waals surface area contributed by atoms with Crippen LogP contribution < -0.4 is 10.1 Å². The van der Waals surface area contributed by atoms with Gasteiger partial charge in [0.1, 0.15) is 18.1 Å². The minimum absolute atomic E-state index is 0.358. The minimum atomic E-state index is -0.643. The Morgan fingerprint density at radius 2 is 1.59 bits per heavy atom. The summed E-state index contributed by atoms with van der Waals surface area (Å²) in [6.07, 6.45) is 1.08. The summed E-state index contributed by atoms with van der Waals surface area (Å²) in [7, 11) is 4.05. The van der Waals surface area contributed by atoms with Crippen molar-refractivity contribution in [1.82, 2.24) is 9.88 Å². The van der Waals surface area contributed by atoms with Crippen LogP contribution in [0.4, 0.5) is 5.69 Å². The summed E-state index contributed by atoms with van der Waals surface area (Å²) in [6.45, 7) is 1.83. The van der Waals surface area contributed by atoms with Crippen molar-refractivity contribution in [3.8, 4) is 28.2 Å². The largest absolute Gasteiger partial charge is 0.492 e. The zero-order chi connectivity index (χ0) is 25.6. The molecule has 0 saturated heterocycles. The number of hydrogen-bond acceptors (Lipinski definition) is 6. The zero-order valence-electron chi connectivity index (χ0n) is 21.1. The standard InChI is InChI=1S/C31H31N3O3/c1-34(2)19-20-36-25-15-13-24(14-16-25)30-28(23-11-7-4-8-12-23)29-26(17-18-32-31(29)37-30)33-21-27(35)22-9-5-3-6-10-22/h3-18,27,35H,19-21H2,1-2H3,(H,32,33). The highest BCUT2D eigenvalue weighted by Gasteiger charge is 2.21. The van der Waals surface area contributed by atoms with Crippen molar-refractivity contribution in [2.45, 2.75) is 6.10 Å². The first-order valence-corrected chi connectivity index (χ1v) is 12.4. The number of likely N-dealkylation sites (N-methyl/N-ethyl adjacent to an activating group) is 1. The molecule has 0 saturated carbocycles. The number of ether oxygens (including phenoxy) is 1. The lowest BCUT2D eigenvalue weighted by atomic mass is 9.98. The molecule has 2 N–H and O–H groups in total. The van der Waals surface area contributed by atoms with Gasteiger partial charge >= 0.3 is 0 Å². The van der Waals surface area contributed by atoms with Crippen molar-refractivity contribution in [1.29, 1.82) is 0 Å². The second-order valence-corrected chi connectivity index (χ2v) is 9.19. The number of hydrogen-bond donors (Lipinski definition) is 2. The van der Waals surface area contributed by atoms with Gasteiger partial charge in [-0.05, 0) is 55.6 Å². The van der Waals surface area contributed by atoms with Crippen molar-refractivity contribution < 1.29 is 14.3 Å². The van der Waals surface area contributed by atoms with Crippen LogP contribution in [0.15, 0.2) is 102 Å². The number of nitrogens with one attached hydrogen (secondary N) is 1. The van der Waals surface area contributed by atoms with Crippen molar-refractivity contribution in [2.75, 3.05) is 39.1 Å². The third kappa shape index (κ3) is 5.66. The van der Waals surface area contributed by atoms with Gasteiger partial charge in [-0.2, -0.15) is 0 Å². The maximum Gasteiger partial charge on any atom is 0.229 e. The fraction of sp³-hybridized carbons (Fsp3) is 0.194. The third-order valence-electron chi connectivity index (χ3n) is 6.25. The van der Waals surface area contributed by atoms with E-state index in [1.54, 1.807) is 6.20 Å². The molecule has 0 amide bonds. The smallest absolute Gasteiger partial charge is 0.229 e. The number of aliphatic hydroxyl groups is 1. The molecule has 0 radical (unpaired) electrons. The van der Waals surface area contributed by atoms with Crippen LogP contribution in [-0.2, 0) is 0 Å². The van der Waals surface area contributed by atoms with Crippen LogP contribution in [0.25, 0.3) is 33.6 Å². The SMILES string of the molecule is CN(C)CCOc1ccc(-c2oc3nccc(NCC(O)c4ccccc4)c3c2-c2ccccc2)cc1. The summed E-state index contributed by atoms with van der Waals surface area (Å²) in [6, 6.07) is 29.7. The Bertz CT molecular complexity index is 1430. The number of benzene rings is 3. The van der Waals surface area contributed by atoms with E-state index in [-0.39, 0.29) is 0 Å². The molecular weight excluding hydrogens is 462 g/mol. The molecule has 6 nitrogen and oxygen atoms in total. The lowest BCUT2D eigenvalue weighted by molar-refractivity contribution is 0.191. The molecule has 37 heavy (non-hydrogen) atoms. The predicted octanol–water partition coefficient (Wildman–Crippen LogP) is 6.25. The highest BCUT2D eigenvalue weighted by molar-refractivity contribution is 6.06. The molecule has 3 aromatic carbocycles. The molecule has 1 unspecified atom stereocenters. The number of pyridine rings is 1. The maximum atomic E-state index is 10.7. The van der Waals surface area contributed by atoms with E-state index in [0.29, 0.717) is 18.9 Å². The van der Waals surface area contributed by atoms with Crippen molar-refractivity contribution in [3.63, 3.8) is 0 Å². The molecule has 0 bridgehead atoms. The number of furan rings is 1. The van der Waals surface area contributed by atoms with Crippen molar-refractivity contribution in [2.24, 2.45) is 0 Å². The van der Waals surface area contributed by atoms with Gasteiger partial charge in [-0.3, -0.25) is 0 Å². The average molecular weight is 494 g/mol. The Balaban J connectivity index is 1.50. The Morgan fingerprint density at radius 1 is 0.892 bits per heavy atom. The normalized spacial score (nSPS) is 12.1. The Morgan fingerprint density at radius 3 is 2.30 bits per heavy atom. The van der Waals surface area contributed by atoms with Gasteiger partial charge in [0.05, 0.1) is 11.5 Å². The van der Waals surface area contributed by atoms with E-state index >= 15 is 0 Å². The van der Waals surface area contributed by atoms with Gasteiger partial charge in [0, 0.05) is 36.1 Å². The van der Waals surface area contributed by atoms with Crippen LogP contribution in [0.5, 0.6) is 5.75 Å². The molecule has 2 heterocycles. The molecule has 0 fully saturated rings. The molecule has 5 rings (SSSR count). The van der Waals surface area contributed by atoms with Crippen molar-refractivity contribution in [3.05, 3.63) is 103 Å². The van der Waals surface area contributed by atoms with E-state index in [9.17, 15) is 5.11 Å².